The van der Waals surface area contributed by atoms with Crippen LogP contribution in [0.15, 0.2) is 42.5 Å². The van der Waals surface area contributed by atoms with Crippen LogP contribution in [-0.4, -0.2) is 24.9 Å². The molecule has 1 saturated heterocycles. The number of benzene rings is 2. The van der Waals surface area contributed by atoms with Gasteiger partial charge in [0.25, 0.3) is 0 Å². The molecular formula is C20H18F2N2O2. The molecule has 0 saturated carbocycles. The van der Waals surface area contributed by atoms with Crippen LogP contribution in [0.3, 0.4) is 0 Å². The van der Waals surface area contributed by atoms with Crippen molar-refractivity contribution >= 4 is 23.2 Å². The maximum atomic E-state index is 14.3. The second-order valence-electron chi connectivity index (χ2n) is 6.73. The van der Waals surface area contributed by atoms with Crippen LogP contribution in [0.5, 0.6) is 0 Å². The van der Waals surface area contributed by atoms with Crippen LogP contribution in [0.2, 0.25) is 0 Å². The molecule has 0 aromatic heterocycles. The number of amides is 2. The van der Waals surface area contributed by atoms with Gasteiger partial charge in [-0.3, -0.25) is 9.59 Å². The SMILES string of the molecule is O=C1C[C@H](C(=O)N2CCCc3cc(F)cc(F)c32)CN1c1ccccc1. The highest BCUT2D eigenvalue weighted by Gasteiger charge is 2.39. The molecule has 2 aromatic carbocycles. The number of halogens is 2. The van der Waals surface area contributed by atoms with Crippen molar-refractivity contribution in [3.8, 4) is 0 Å². The lowest BCUT2D eigenvalue weighted by Gasteiger charge is -2.31. The highest BCUT2D eigenvalue weighted by molar-refractivity contribution is 6.04. The van der Waals surface area contributed by atoms with Gasteiger partial charge in [-0.05, 0) is 36.6 Å². The van der Waals surface area contributed by atoms with Crippen molar-refractivity contribution in [2.75, 3.05) is 22.9 Å². The zero-order valence-electron chi connectivity index (χ0n) is 14.1. The molecule has 6 heteroatoms. The van der Waals surface area contributed by atoms with E-state index in [0.29, 0.717) is 24.9 Å². The standard InChI is InChI=1S/C20H18F2N2O2/c21-15-9-13-5-4-8-23(19(13)17(22)11-15)20(26)14-10-18(25)24(12-14)16-6-2-1-3-7-16/h1-3,6-7,9,11,14H,4-5,8,10,12H2/t14-/m0/s1. The minimum Gasteiger partial charge on any atom is -0.312 e. The molecule has 134 valence electrons. The second kappa shape index (κ2) is 6.52. The fourth-order valence-electron chi connectivity index (χ4n) is 3.82. The van der Waals surface area contributed by atoms with Crippen LogP contribution >= 0.6 is 0 Å². The first-order valence-corrected chi connectivity index (χ1v) is 8.69. The van der Waals surface area contributed by atoms with E-state index >= 15 is 0 Å². The van der Waals surface area contributed by atoms with Gasteiger partial charge in [0.05, 0.1) is 11.6 Å². The molecule has 0 unspecified atom stereocenters. The van der Waals surface area contributed by atoms with Gasteiger partial charge in [0.2, 0.25) is 11.8 Å². The number of aryl methyl sites for hydroxylation is 1. The molecule has 2 aliphatic heterocycles. The van der Waals surface area contributed by atoms with E-state index in [0.717, 1.165) is 11.8 Å². The van der Waals surface area contributed by atoms with E-state index in [1.54, 1.807) is 4.90 Å². The Morgan fingerprint density at radius 2 is 1.88 bits per heavy atom. The predicted octanol–water partition coefficient (Wildman–Crippen LogP) is 3.30. The van der Waals surface area contributed by atoms with Gasteiger partial charge in [-0.1, -0.05) is 18.2 Å². The summed E-state index contributed by atoms with van der Waals surface area (Å²) >= 11 is 0. The van der Waals surface area contributed by atoms with Gasteiger partial charge in [0, 0.05) is 31.3 Å². The van der Waals surface area contributed by atoms with Gasteiger partial charge < -0.3 is 9.80 Å². The quantitative estimate of drug-likeness (QED) is 0.828. The molecule has 0 N–H and O–H groups in total. The Kier molecular flexibility index (Phi) is 4.18. The van der Waals surface area contributed by atoms with E-state index in [2.05, 4.69) is 0 Å². The summed E-state index contributed by atoms with van der Waals surface area (Å²) in [6.45, 7) is 0.654. The first-order valence-electron chi connectivity index (χ1n) is 8.69. The summed E-state index contributed by atoms with van der Waals surface area (Å²) in [4.78, 5) is 28.4. The van der Waals surface area contributed by atoms with Crippen molar-refractivity contribution in [3.63, 3.8) is 0 Å². The van der Waals surface area contributed by atoms with E-state index in [4.69, 9.17) is 0 Å². The monoisotopic (exact) mass is 356 g/mol. The molecule has 0 radical (unpaired) electrons. The Morgan fingerprint density at radius 3 is 2.65 bits per heavy atom. The molecule has 0 spiro atoms. The number of nitrogens with zero attached hydrogens (tertiary/aromatic N) is 2. The molecule has 1 fully saturated rings. The fourth-order valence-corrected chi connectivity index (χ4v) is 3.82. The minimum absolute atomic E-state index is 0.0996. The minimum atomic E-state index is -0.725. The van der Waals surface area contributed by atoms with Crippen molar-refractivity contribution in [1.29, 1.82) is 0 Å². The molecule has 2 aliphatic rings. The Morgan fingerprint density at radius 1 is 1.12 bits per heavy atom. The van der Waals surface area contributed by atoms with E-state index in [1.165, 1.54) is 11.0 Å². The van der Waals surface area contributed by atoms with Gasteiger partial charge in [0.15, 0.2) is 0 Å². The van der Waals surface area contributed by atoms with Crippen LogP contribution in [0, 0.1) is 17.6 Å². The summed E-state index contributed by atoms with van der Waals surface area (Å²) < 4.78 is 27.8. The maximum Gasteiger partial charge on any atom is 0.232 e. The summed E-state index contributed by atoms with van der Waals surface area (Å²) in [7, 11) is 0. The number of anilines is 2. The third kappa shape index (κ3) is 2.85. The molecule has 4 nitrogen and oxygen atoms in total. The topological polar surface area (TPSA) is 40.6 Å². The Balaban J connectivity index is 1.59. The van der Waals surface area contributed by atoms with Gasteiger partial charge in [0.1, 0.15) is 11.6 Å². The summed E-state index contributed by atoms with van der Waals surface area (Å²) in [5.41, 5.74) is 1.42. The summed E-state index contributed by atoms with van der Waals surface area (Å²) in [6.07, 6.45) is 1.28. The molecule has 2 heterocycles. The van der Waals surface area contributed by atoms with Crippen LogP contribution in [-0.2, 0) is 16.0 Å². The van der Waals surface area contributed by atoms with Crippen LogP contribution < -0.4 is 9.80 Å². The van der Waals surface area contributed by atoms with Crippen molar-refractivity contribution in [1.82, 2.24) is 0 Å². The number of fused-ring (bicyclic) bond motifs is 1. The summed E-state index contributed by atoms with van der Waals surface area (Å²) in [6, 6.07) is 11.3. The third-order valence-electron chi connectivity index (χ3n) is 5.01. The lowest BCUT2D eigenvalue weighted by atomic mass is 9.98. The highest BCUT2D eigenvalue weighted by Crippen LogP contribution is 2.34. The average Bonchev–Trinajstić information content (AvgIpc) is 3.03. The van der Waals surface area contributed by atoms with Crippen LogP contribution in [0.4, 0.5) is 20.2 Å². The third-order valence-corrected chi connectivity index (χ3v) is 5.01. The first-order chi connectivity index (χ1) is 12.5. The number of rotatable bonds is 2. The van der Waals surface area contributed by atoms with E-state index in [9.17, 15) is 18.4 Å². The molecule has 26 heavy (non-hydrogen) atoms. The molecule has 0 bridgehead atoms. The fraction of sp³-hybridized carbons (Fsp3) is 0.300. The van der Waals surface area contributed by atoms with Crippen molar-refractivity contribution in [2.45, 2.75) is 19.3 Å². The second-order valence-corrected chi connectivity index (χ2v) is 6.73. The average molecular weight is 356 g/mol. The number of para-hydroxylation sites is 1. The van der Waals surface area contributed by atoms with Gasteiger partial charge in [-0.2, -0.15) is 0 Å². The van der Waals surface area contributed by atoms with Crippen LogP contribution in [0.1, 0.15) is 18.4 Å². The molecule has 2 aromatic rings. The van der Waals surface area contributed by atoms with E-state index in [1.807, 2.05) is 30.3 Å². The zero-order valence-corrected chi connectivity index (χ0v) is 14.1. The molecule has 0 aliphatic carbocycles. The number of hydrogen-bond acceptors (Lipinski definition) is 2. The van der Waals surface area contributed by atoms with Gasteiger partial charge in [-0.15, -0.1) is 0 Å². The smallest absolute Gasteiger partial charge is 0.232 e. The lowest BCUT2D eigenvalue weighted by molar-refractivity contribution is -0.124. The molecule has 1 atom stereocenters. The van der Waals surface area contributed by atoms with Crippen molar-refractivity contribution < 1.29 is 18.4 Å². The van der Waals surface area contributed by atoms with Crippen molar-refractivity contribution in [3.05, 3.63) is 59.7 Å². The Labute approximate surface area is 150 Å². The maximum absolute atomic E-state index is 14.3. The summed E-state index contributed by atoms with van der Waals surface area (Å²) in [5, 5.41) is 0. The van der Waals surface area contributed by atoms with Crippen LogP contribution in [0.25, 0.3) is 0 Å². The Bertz CT molecular complexity index is 870. The molecule has 4 rings (SSSR count). The first kappa shape index (κ1) is 16.7. The van der Waals surface area contributed by atoms with E-state index in [-0.39, 0.29) is 30.5 Å². The largest absolute Gasteiger partial charge is 0.312 e. The lowest BCUT2D eigenvalue weighted by Crippen LogP contribution is -2.41. The summed E-state index contributed by atoms with van der Waals surface area (Å²) in [5.74, 6) is -2.29. The van der Waals surface area contributed by atoms with Gasteiger partial charge >= 0.3 is 0 Å². The number of carbonyl (C=O) groups is 2. The molecule has 2 amide bonds. The normalized spacial score (nSPS) is 19.6. The van der Waals surface area contributed by atoms with Gasteiger partial charge in [-0.25, -0.2) is 8.78 Å². The zero-order chi connectivity index (χ0) is 18.3. The van der Waals surface area contributed by atoms with Crippen molar-refractivity contribution in [2.24, 2.45) is 5.92 Å². The van der Waals surface area contributed by atoms with E-state index < -0.39 is 17.6 Å². The number of hydrogen-bond donors (Lipinski definition) is 0. The predicted molar refractivity (Wildman–Crippen MR) is 93.9 cm³/mol. The highest BCUT2D eigenvalue weighted by atomic mass is 19.1. The molecular weight excluding hydrogens is 338 g/mol. The Hall–Kier alpha value is -2.76. The number of carbonyl (C=O) groups excluding carboxylic acids is 2.